The van der Waals surface area contributed by atoms with Gasteiger partial charge < -0.3 is 11.1 Å². The van der Waals surface area contributed by atoms with Crippen LogP contribution in [0.3, 0.4) is 0 Å². The van der Waals surface area contributed by atoms with E-state index in [4.69, 9.17) is 5.73 Å². The maximum Gasteiger partial charge on any atom is 0.316 e. The van der Waals surface area contributed by atoms with Gasteiger partial charge in [-0.1, -0.05) is 12.1 Å². The monoisotopic (exact) mass is 280 g/mol. The summed E-state index contributed by atoms with van der Waals surface area (Å²) in [5, 5.41) is 6.57. The number of hydrogen-bond donors (Lipinski definition) is 2. The third-order valence-corrected chi connectivity index (χ3v) is 2.62. The van der Waals surface area contributed by atoms with Crippen LogP contribution in [-0.4, -0.2) is 15.8 Å². The highest BCUT2D eigenvalue weighted by atomic mass is 79.9. The lowest BCUT2D eigenvalue weighted by atomic mass is 10.3. The first-order valence-electron chi connectivity index (χ1n) is 4.53. The van der Waals surface area contributed by atoms with E-state index in [1.54, 1.807) is 10.9 Å². The van der Waals surface area contributed by atoms with E-state index in [0.29, 0.717) is 5.69 Å². The van der Waals surface area contributed by atoms with Crippen molar-refractivity contribution in [2.75, 3.05) is 5.32 Å². The molecule has 0 saturated carbocycles. The molecule has 0 aliphatic rings. The van der Waals surface area contributed by atoms with E-state index < -0.39 is 6.03 Å². The molecule has 2 amide bonds. The fraction of sp³-hybridized carbons (Fsp3) is 0. The van der Waals surface area contributed by atoms with Gasteiger partial charge in [-0.15, -0.1) is 0 Å². The third-order valence-electron chi connectivity index (χ3n) is 1.95. The summed E-state index contributed by atoms with van der Waals surface area (Å²) in [5.74, 6) is 0. The Morgan fingerprint density at radius 2 is 2.19 bits per heavy atom. The molecule has 0 fully saturated rings. The van der Waals surface area contributed by atoms with Gasteiger partial charge in [-0.25, -0.2) is 9.48 Å². The van der Waals surface area contributed by atoms with Gasteiger partial charge in [-0.2, -0.15) is 5.10 Å². The first-order chi connectivity index (χ1) is 7.66. The van der Waals surface area contributed by atoms with Gasteiger partial charge in [0.2, 0.25) is 0 Å². The van der Waals surface area contributed by atoms with Gasteiger partial charge in [0.1, 0.15) is 0 Å². The summed E-state index contributed by atoms with van der Waals surface area (Å²) < 4.78 is 2.57. The Hall–Kier alpha value is -1.82. The molecule has 0 atom stereocenters. The van der Waals surface area contributed by atoms with Gasteiger partial charge in [0.15, 0.2) is 0 Å². The summed E-state index contributed by atoms with van der Waals surface area (Å²) in [4.78, 5) is 10.6. The molecule has 0 bridgehead atoms. The van der Waals surface area contributed by atoms with E-state index in [1.165, 1.54) is 6.20 Å². The molecule has 1 aromatic carbocycles. The number of halogens is 1. The number of nitrogens with one attached hydrogen (secondary N) is 1. The second kappa shape index (κ2) is 4.36. The quantitative estimate of drug-likeness (QED) is 0.885. The van der Waals surface area contributed by atoms with E-state index >= 15 is 0 Å². The van der Waals surface area contributed by atoms with E-state index in [1.807, 2.05) is 24.3 Å². The summed E-state index contributed by atoms with van der Waals surface area (Å²) in [6, 6.07) is 7.04. The Balaban J connectivity index is 2.32. The summed E-state index contributed by atoms with van der Waals surface area (Å²) in [6.07, 6.45) is 3.22. The lowest BCUT2D eigenvalue weighted by Gasteiger charge is -2.02. The molecule has 0 unspecified atom stereocenters. The Labute approximate surface area is 100 Å². The zero-order chi connectivity index (χ0) is 11.5. The zero-order valence-electron chi connectivity index (χ0n) is 8.22. The zero-order valence-corrected chi connectivity index (χ0v) is 9.81. The Kier molecular flexibility index (Phi) is 2.91. The van der Waals surface area contributed by atoms with Crippen molar-refractivity contribution in [3.63, 3.8) is 0 Å². The van der Waals surface area contributed by atoms with Crippen molar-refractivity contribution in [1.82, 2.24) is 9.78 Å². The van der Waals surface area contributed by atoms with Gasteiger partial charge in [-0.05, 0) is 28.1 Å². The molecular weight excluding hydrogens is 272 g/mol. The fourth-order valence-electron chi connectivity index (χ4n) is 1.30. The van der Waals surface area contributed by atoms with Crippen molar-refractivity contribution in [2.45, 2.75) is 0 Å². The molecule has 0 spiro atoms. The molecule has 0 radical (unpaired) electrons. The van der Waals surface area contributed by atoms with Crippen molar-refractivity contribution in [3.8, 4) is 5.69 Å². The van der Waals surface area contributed by atoms with Crippen LogP contribution in [0.15, 0.2) is 41.1 Å². The Morgan fingerprint density at radius 3 is 2.88 bits per heavy atom. The number of urea groups is 1. The second-order valence-corrected chi connectivity index (χ2v) is 3.97. The minimum Gasteiger partial charge on any atom is -0.351 e. The lowest BCUT2D eigenvalue weighted by Crippen LogP contribution is -2.18. The van der Waals surface area contributed by atoms with E-state index in [9.17, 15) is 4.79 Å². The molecule has 0 aliphatic heterocycles. The summed E-state index contributed by atoms with van der Waals surface area (Å²) in [7, 11) is 0. The van der Waals surface area contributed by atoms with Crippen LogP contribution in [0.1, 0.15) is 0 Å². The molecule has 82 valence electrons. The number of anilines is 1. The van der Waals surface area contributed by atoms with Crippen LogP contribution in [0.2, 0.25) is 0 Å². The Bertz CT molecular complexity index is 523. The molecule has 5 nitrogen and oxygen atoms in total. The predicted octanol–water partition coefficient (Wildman–Crippen LogP) is 2.13. The van der Waals surface area contributed by atoms with E-state index in [0.717, 1.165) is 10.2 Å². The van der Waals surface area contributed by atoms with Gasteiger partial charge in [0.25, 0.3) is 0 Å². The van der Waals surface area contributed by atoms with Crippen LogP contribution >= 0.6 is 15.9 Å². The van der Waals surface area contributed by atoms with Crippen molar-refractivity contribution in [3.05, 3.63) is 41.1 Å². The maximum absolute atomic E-state index is 10.6. The SMILES string of the molecule is NC(=O)Nc1cnn(-c2ccccc2Br)c1. The van der Waals surface area contributed by atoms with Crippen LogP contribution in [0.25, 0.3) is 5.69 Å². The van der Waals surface area contributed by atoms with Crippen molar-refractivity contribution in [2.24, 2.45) is 5.73 Å². The minimum absolute atomic E-state index is 0.559. The van der Waals surface area contributed by atoms with Gasteiger partial charge >= 0.3 is 6.03 Å². The summed E-state index contributed by atoms with van der Waals surface area (Å²) in [6.45, 7) is 0. The summed E-state index contributed by atoms with van der Waals surface area (Å²) in [5.41, 5.74) is 6.45. The largest absolute Gasteiger partial charge is 0.351 e. The molecule has 16 heavy (non-hydrogen) atoms. The number of rotatable bonds is 2. The van der Waals surface area contributed by atoms with Crippen molar-refractivity contribution in [1.29, 1.82) is 0 Å². The number of aromatic nitrogens is 2. The third kappa shape index (κ3) is 2.22. The van der Waals surface area contributed by atoms with E-state index in [-0.39, 0.29) is 0 Å². The van der Waals surface area contributed by atoms with Gasteiger partial charge in [-0.3, -0.25) is 0 Å². The van der Waals surface area contributed by atoms with Crippen LogP contribution in [0.4, 0.5) is 10.5 Å². The molecule has 0 saturated heterocycles. The van der Waals surface area contributed by atoms with Crippen LogP contribution in [-0.2, 0) is 0 Å². The van der Waals surface area contributed by atoms with E-state index in [2.05, 4.69) is 26.3 Å². The van der Waals surface area contributed by atoms with Crippen LogP contribution in [0.5, 0.6) is 0 Å². The second-order valence-electron chi connectivity index (χ2n) is 3.11. The smallest absolute Gasteiger partial charge is 0.316 e. The Morgan fingerprint density at radius 1 is 1.44 bits per heavy atom. The molecule has 0 aliphatic carbocycles. The van der Waals surface area contributed by atoms with Crippen molar-refractivity contribution >= 4 is 27.6 Å². The number of amides is 2. The normalized spacial score (nSPS) is 10.1. The highest BCUT2D eigenvalue weighted by Gasteiger charge is 2.04. The average molecular weight is 281 g/mol. The van der Waals surface area contributed by atoms with Gasteiger partial charge in [0, 0.05) is 4.47 Å². The number of benzene rings is 1. The molecule has 2 rings (SSSR count). The molecule has 1 heterocycles. The highest BCUT2D eigenvalue weighted by Crippen LogP contribution is 2.20. The van der Waals surface area contributed by atoms with Gasteiger partial charge in [0.05, 0.1) is 23.8 Å². The van der Waals surface area contributed by atoms with Crippen molar-refractivity contribution < 1.29 is 4.79 Å². The standard InChI is InChI=1S/C10H9BrN4O/c11-8-3-1-2-4-9(8)15-6-7(5-13-15)14-10(12)16/h1-6H,(H3,12,14,16). The molecule has 1 aromatic heterocycles. The topological polar surface area (TPSA) is 72.9 Å². The number of primary amides is 1. The predicted molar refractivity (Wildman–Crippen MR) is 64.5 cm³/mol. The first kappa shape index (κ1) is 10.7. The molecular formula is C10H9BrN4O. The lowest BCUT2D eigenvalue weighted by molar-refractivity contribution is 0.259. The number of nitrogens with zero attached hydrogens (tertiary/aromatic N) is 2. The number of para-hydroxylation sites is 1. The molecule has 6 heteroatoms. The van der Waals surface area contributed by atoms with Crippen LogP contribution in [0, 0.1) is 0 Å². The van der Waals surface area contributed by atoms with Crippen LogP contribution < -0.4 is 11.1 Å². The molecule has 3 N–H and O–H groups in total. The number of carbonyl (C=O) groups is 1. The number of carbonyl (C=O) groups excluding carboxylic acids is 1. The maximum atomic E-state index is 10.6. The highest BCUT2D eigenvalue weighted by molar-refractivity contribution is 9.10. The number of nitrogens with two attached hydrogens (primary N) is 1. The fourth-order valence-corrected chi connectivity index (χ4v) is 1.77. The summed E-state index contributed by atoms with van der Waals surface area (Å²) >= 11 is 3.42. The average Bonchev–Trinajstić information content (AvgIpc) is 2.66. The molecule has 2 aromatic rings. The minimum atomic E-state index is -0.605. The number of hydrogen-bond acceptors (Lipinski definition) is 2. The first-order valence-corrected chi connectivity index (χ1v) is 5.32.